The highest BCUT2D eigenvalue weighted by atomic mass is 32.2. The number of hydrogen-bond donors (Lipinski definition) is 1. The van der Waals surface area contributed by atoms with Crippen LogP contribution >= 0.6 is 11.8 Å². The van der Waals surface area contributed by atoms with E-state index in [1.54, 1.807) is 0 Å². The summed E-state index contributed by atoms with van der Waals surface area (Å²) in [6.07, 6.45) is 1.94. The summed E-state index contributed by atoms with van der Waals surface area (Å²) in [4.78, 5) is 25.8. The molecule has 0 aliphatic rings. The van der Waals surface area contributed by atoms with Gasteiger partial charge in [-0.25, -0.2) is 14.3 Å². The Hall–Kier alpha value is -2.60. The number of hydrogen-bond acceptors (Lipinski definition) is 5. The smallest absolute Gasteiger partial charge is 0.311 e. The number of amides is 1. The lowest BCUT2D eigenvalue weighted by Gasteiger charge is -2.21. The van der Waals surface area contributed by atoms with E-state index < -0.39 is 5.82 Å². The highest BCUT2D eigenvalue weighted by Crippen LogP contribution is 2.19. The first-order chi connectivity index (χ1) is 12.6. The number of carbonyl (C=O) groups is 1. The third-order valence-electron chi connectivity index (χ3n) is 3.67. The molecule has 2 rings (SSSR count). The Bertz CT molecular complexity index is 825. The summed E-state index contributed by atoms with van der Waals surface area (Å²) >= 11 is 1.16. The molecule has 0 unspecified atom stereocenters. The van der Waals surface area contributed by atoms with Gasteiger partial charge in [-0.2, -0.15) is 5.26 Å². The van der Waals surface area contributed by atoms with Crippen molar-refractivity contribution < 1.29 is 9.18 Å². The summed E-state index contributed by atoms with van der Waals surface area (Å²) in [6.45, 7) is 2.78. The number of nitriles is 1. The zero-order valence-corrected chi connectivity index (χ0v) is 15.3. The summed E-state index contributed by atoms with van der Waals surface area (Å²) < 4.78 is 14.6. The molecule has 138 valence electrons. The molecule has 1 aromatic heterocycles. The molecule has 26 heavy (non-hydrogen) atoms. The van der Waals surface area contributed by atoms with E-state index in [1.807, 2.05) is 13.0 Å². The molecule has 9 heteroatoms. The fraction of sp³-hybridized carbons (Fsp3) is 0.412. The maximum atomic E-state index is 13.1. The third-order valence-corrected chi connectivity index (χ3v) is 4.63. The third kappa shape index (κ3) is 5.20. The second kappa shape index (κ2) is 9.77. The lowest BCUT2D eigenvalue weighted by atomic mass is 10.2. The van der Waals surface area contributed by atoms with E-state index in [2.05, 4.69) is 10.2 Å². The first-order valence-electron chi connectivity index (χ1n) is 8.27. The van der Waals surface area contributed by atoms with E-state index in [0.717, 1.165) is 24.6 Å². The quantitative estimate of drug-likeness (QED) is 0.678. The van der Waals surface area contributed by atoms with Crippen molar-refractivity contribution in [3.63, 3.8) is 0 Å². The minimum atomic E-state index is -0.396. The standard InChI is InChI=1S/C17H20FN5O2S/c1-2-3-10-23-16(25)20-21-17(23)26-12-15(24)22(11-4-9-19)14-7-5-13(18)6-8-14/h5-8H,2-4,10-12H2,1H3,(H,20,25). The van der Waals surface area contributed by atoms with Gasteiger partial charge in [0, 0.05) is 18.8 Å². The van der Waals surface area contributed by atoms with Gasteiger partial charge in [-0.3, -0.25) is 9.36 Å². The molecule has 2 aromatic rings. The van der Waals surface area contributed by atoms with Crippen molar-refractivity contribution >= 4 is 23.4 Å². The van der Waals surface area contributed by atoms with Crippen LogP contribution in [0.25, 0.3) is 0 Å². The van der Waals surface area contributed by atoms with Gasteiger partial charge >= 0.3 is 5.69 Å². The second-order valence-electron chi connectivity index (χ2n) is 5.54. The number of rotatable bonds is 9. The lowest BCUT2D eigenvalue weighted by molar-refractivity contribution is -0.116. The number of nitrogens with zero attached hydrogens (tertiary/aromatic N) is 4. The predicted molar refractivity (Wildman–Crippen MR) is 97.5 cm³/mol. The fourth-order valence-corrected chi connectivity index (χ4v) is 3.16. The number of H-pyrrole nitrogens is 1. The average molecular weight is 377 g/mol. The van der Waals surface area contributed by atoms with Crippen molar-refractivity contribution in [2.24, 2.45) is 0 Å². The molecule has 0 radical (unpaired) electrons. The normalized spacial score (nSPS) is 10.5. The molecule has 0 aliphatic carbocycles. The predicted octanol–water partition coefficient (Wildman–Crippen LogP) is 2.55. The number of benzene rings is 1. The van der Waals surface area contributed by atoms with Gasteiger partial charge < -0.3 is 4.90 Å². The number of aromatic nitrogens is 3. The average Bonchev–Trinajstić information content (AvgIpc) is 2.99. The molecule has 1 aromatic carbocycles. The Kier molecular flexibility index (Phi) is 7.41. The molecule has 0 bridgehead atoms. The van der Waals surface area contributed by atoms with Crippen LogP contribution in [0.5, 0.6) is 0 Å². The van der Waals surface area contributed by atoms with Crippen LogP contribution in [0.3, 0.4) is 0 Å². The van der Waals surface area contributed by atoms with Gasteiger partial charge in [0.2, 0.25) is 5.91 Å². The van der Waals surface area contributed by atoms with Crippen LogP contribution in [-0.2, 0) is 11.3 Å². The van der Waals surface area contributed by atoms with Crippen molar-refractivity contribution in [2.45, 2.75) is 37.9 Å². The highest BCUT2D eigenvalue weighted by Gasteiger charge is 2.18. The molecule has 0 atom stereocenters. The Morgan fingerprint density at radius 1 is 1.42 bits per heavy atom. The molecule has 1 heterocycles. The molecule has 0 fully saturated rings. The van der Waals surface area contributed by atoms with Gasteiger partial charge in [0.1, 0.15) is 5.82 Å². The number of anilines is 1. The Morgan fingerprint density at radius 3 is 2.81 bits per heavy atom. The molecule has 0 spiro atoms. The SMILES string of the molecule is CCCCn1c(SCC(=O)N(CCC#N)c2ccc(F)cc2)n[nH]c1=O. The van der Waals surface area contributed by atoms with Crippen LogP contribution in [0.1, 0.15) is 26.2 Å². The van der Waals surface area contributed by atoms with Gasteiger partial charge in [0.05, 0.1) is 18.2 Å². The molecule has 0 aliphatic heterocycles. The van der Waals surface area contributed by atoms with Crippen molar-refractivity contribution in [1.82, 2.24) is 14.8 Å². The van der Waals surface area contributed by atoms with Crippen LogP contribution < -0.4 is 10.6 Å². The van der Waals surface area contributed by atoms with Gasteiger partial charge in [-0.05, 0) is 30.7 Å². The van der Waals surface area contributed by atoms with Crippen molar-refractivity contribution in [2.75, 3.05) is 17.2 Å². The number of thioether (sulfide) groups is 1. The molecule has 7 nitrogen and oxygen atoms in total. The van der Waals surface area contributed by atoms with Gasteiger partial charge in [-0.1, -0.05) is 25.1 Å². The second-order valence-corrected chi connectivity index (χ2v) is 6.48. The van der Waals surface area contributed by atoms with Crippen LogP contribution in [-0.4, -0.2) is 33.0 Å². The molecule has 0 saturated carbocycles. The van der Waals surface area contributed by atoms with E-state index >= 15 is 0 Å². The maximum Gasteiger partial charge on any atom is 0.343 e. The van der Waals surface area contributed by atoms with Gasteiger partial charge in [-0.15, -0.1) is 5.10 Å². The van der Waals surface area contributed by atoms with Crippen LogP contribution in [0.2, 0.25) is 0 Å². The molecular weight excluding hydrogens is 357 g/mol. The topological polar surface area (TPSA) is 94.8 Å². The fourth-order valence-electron chi connectivity index (χ4n) is 2.31. The largest absolute Gasteiger partial charge is 0.343 e. The van der Waals surface area contributed by atoms with Crippen molar-refractivity contribution in [1.29, 1.82) is 5.26 Å². The number of carbonyl (C=O) groups excluding carboxylic acids is 1. The minimum Gasteiger partial charge on any atom is -0.311 e. The maximum absolute atomic E-state index is 13.1. The first-order valence-corrected chi connectivity index (χ1v) is 9.26. The molecule has 1 N–H and O–H groups in total. The number of halogens is 1. The van der Waals surface area contributed by atoms with E-state index in [0.29, 0.717) is 17.4 Å². The summed E-state index contributed by atoms with van der Waals surface area (Å²) in [5, 5.41) is 15.6. The highest BCUT2D eigenvalue weighted by molar-refractivity contribution is 7.99. The number of unbranched alkanes of at least 4 members (excludes halogenated alkanes) is 1. The zero-order valence-electron chi connectivity index (χ0n) is 14.4. The van der Waals surface area contributed by atoms with Gasteiger partial charge in [0.25, 0.3) is 0 Å². The van der Waals surface area contributed by atoms with Crippen LogP contribution in [0, 0.1) is 17.1 Å². The Morgan fingerprint density at radius 2 is 2.15 bits per heavy atom. The summed E-state index contributed by atoms with van der Waals surface area (Å²) in [5.74, 6) is -0.583. The van der Waals surface area contributed by atoms with Gasteiger partial charge in [0.15, 0.2) is 5.16 Å². The Labute approximate surface area is 154 Å². The van der Waals surface area contributed by atoms with Crippen molar-refractivity contribution in [3.05, 3.63) is 40.6 Å². The summed E-state index contributed by atoms with van der Waals surface area (Å²) in [7, 11) is 0. The van der Waals surface area contributed by atoms with Crippen LogP contribution in [0.4, 0.5) is 10.1 Å². The zero-order chi connectivity index (χ0) is 18.9. The van der Waals surface area contributed by atoms with E-state index in [-0.39, 0.29) is 30.3 Å². The summed E-state index contributed by atoms with van der Waals surface area (Å²) in [6, 6.07) is 7.55. The minimum absolute atomic E-state index is 0.0548. The monoisotopic (exact) mass is 377 g/mol. The summed E-state index contributed by atoms with van der Waals surface area (Å²) in [5.41, 5.74) is 0.228. The lowest BCUT2D eigenvalue weighted by Crippen LogP contribution is -2.33. The number of nitrogens with one attached hydrogen (secondary N) is 1. The van der Waals surface area contributed by atoms with E-state index in [1.165, 1.54) is 33.7 Å². The van der Waals surface area contributed by atoms with Crippen LogP contribution in [0.15, 0.2) is 34.2 Å². The van der Waals surface area contributed by atoms with E-state index in [9.17, 15) is 14.0 Å². The number of aromatic amines is 1. The van der Waals surface area contributed by atoms with E-state index in [4.69, 9.17) is 5.26 Å². The van der Waals surface area contributed by atoms with Crippen molar-refractivity contribution in [3.8, 4) is 6.07 Å². The molecular formula is C17H20FN5O2S. The molecule has 1 amide bonds. The first kappa shape index (κ1) is 19.7. The Balaban J connectivity index is 2.09. The molecule has 0 saturated heterocycles.